The molecule has 0 saturated heterocycles. The van der Waals surface area contributed by atoms with Crippen LogP contribution in [0.2, 0.25) is 0 Å². The molecule has 0 aliphatic heterocycles. The van der Waals surface area contributed by atoms with Gasteiger partial charge in [-0.15, -0.1) is 0 Å². The Hall–Kier alpha value is -1.51. The highest BCUT2D eigenvalue weighted by atomic mass is 16.4. The Morgan fingerprint density at radius 2 is 1.91 bits per heavy atom. The summed E-state index contributed by atoms with van der Waals surface area (Å²) < 4.78 is 0. The quantitative estimate of drug-likeness (QED) is 0.275. The van der Waals surface area contributed by atoms with Crippen molar-refractivity contribution in [1.29, 1.82) is 0 Å². The molecule has 0 saturated carbocycles. The van der Waals surface area contributed by atoms with Gasteiger partial charge in [-0.2, -0.15) is 0 Å². The van der Waals surface area contributed by atoms with Crippen molar-refractivity contribution in [1.82, 2.24) is 0 Å². The van der Waals surface area contributed by atoms with E-state index in [0.29, 0.717) is 11.4 Å². The lowest BCUT2D eigenvalue weighted by Crippen LogP contribution is -1.94. The molecule has 3 nitrogen and oxygen atoms in total. The second kappa shape index (κ2) is 3.05. The van der Waals surface area contributed by atoms with Crippen molar-refractivity contribution in [2.24, 2.45) is 5.16 Å². The number of nitrogen functional groups attached to an aromatic ring is 1. The van der Waals surface area contributed by atoms with Gasteiger partial charge >= 0.3 is 0 Å². The van der Waals surface area contributed by atoms with Crippen molar-refractivity contribution in [2.75, 3.05) is 5.73 Å². The Kier molecular flexibility index (Phi) is 2.11. The third kappa shape index (κ3) is 1.70. The number of benzene rings is 1. The molecule has 3 heteroatoms. The molecule has 0 unspecified atom stereocenters. The molecule has 0 atom stereocenters. The Morgan fingerprint density at radius 1 is 1.36 bits per heavy atom. The summed E-state index contributed by atoms with van der Waals surface area (Å²) >= 11 is 0. The molecule has 0 fully saturated rings. The van der Waals surface area contributed by atoms with Crippen molar-refractivity contribution in [2.45, 2.75) is 6.92 Å². The van der Waals surface area contributed by atoms with Crippen molar-refractivity contribution < 1.29 is 5.21 Å². The fourth-order valence-electron chi connectivity index (χ4n) is 0.782. The van der Waals surface area contributed by atoms with Crippen LogP contribution in [0.15, 0.2) is 29.4 Å². The molecule has 1 aromatic carbocycles. The molecule has 0 spiro atoms. The molecule has 0 amide bonds. The van der Waals surface area contributed by atoms with Crippen LogP contribution in [-0.4, -0.2) is 10.9 Å². The fraction of sp³-hybridized carbons (Fsp3) is 0.125. The van der Waals surface area contributed by atoms with Gasteiger partial charge in [-0.25, -0.2) is 0 Å². The second-order valence-corrected chi connectivity index (χ2v) is 2.31. The highest BCUT2D eigenvalue weighted by Crippen LogP contribution is 2.05. The van der Waals surface area contributed by atoms with Crippen LogP contribution in [0, 0.1) is 0 Å². The van der Waals surface area contributed by atoms with Gasteiger partial charge in [0.15, 0.2) is 0 Å². The first kappa shape index (κ1) is 7.60. The lowest BCUT2D eigenvalue weighted by Gasteiger charge is -1.97. The summed E-state index contributed by atoms with van der Waals surface area (Å²) in [6.07, 6.45) is 0. The standard InChI is InChI=1S/C8H10N2O/c1-6(10-11)7-2-4-8(9)5-3-7/h2-5,11H,9H2,1H3/b10-6-. The summed E-state index contributed by atoms with van der Waals surface area (Å²) in [5.41, 5.74) is 7.64. The van der Waals surface area contributed by atoms with E-state index < -0.39 is 0 Å². The molecule has 0 aromatic heterocycles. The second-order valence-electron chi connectivity index (χ2n) is 2.31. The molecule has 58 valence electrons. The van der Waals surface area contributed by atoms with Crippen LogP contribution in [0.5, 0.6) is 0 Å². The Labute approximate surface area is 65.1 Å². The smallest absolute Gasteiger partial charge is 0.0836 e. The first-order valence-electron chi connectivity index (χ1n) is 3.28. The Morgan fingerprint density at radius 3 is 2.36 bits per heavy atom. The minimum Gasteiger partial charge on any atom is -0.411 e. The average molecular weight is 150 g/mol. The van der Waals surface area contributed by atoms with E-state index in [1.807, 2.05) is 12.1 Å². The SMILES string of the molecule is C/C(=N/O)c1ccc(N)cc1. The van der Waals surface area contributed by atoms with Gasteiger partial charge in [0.25, 0.3) is 0 Å². The highest BCUT2D eigenvalue weighted by molar-refractivity contribution is 5.98. The van der Waals surface area contributed by atoms with Crippen molar-refractivity contribution in [3.63, 3.8) is 0 Å². The zero-order chi connectivity index (χ0) is 8.27. The molecule has 0 aliphatic rings. The number of nitrogens with zero attached hydrogens (tertiary/aromatic N) is 1. The van der Waals surface area contributed by atoms with E-state index in [2.05, 4.69) is 5.16 Å². The maximum Gasteiger partial charge on any atom is 0.0836 e. The first-order chi connectivity index (χ1) is 5.24. The van der Waals surface area contributed by atoms with E-state index in [4.69, 9.17) is 10.9 Å². The Bertz CT molecular complexity index is 264. The zero-order valence-corrected chi connectivity index (χ0v) is 6.28. The van der Waals surface area contributed by atoms with Crippen LogP contribution in [-0.2, 0) is 0 Å². The minimum atomic E-state index is 0.588. The topological polar surface area (TPSA) is 58.6 Å². The number of rotatable bonds is 1. The molecule has 3 N–H and O–H groups in total. The maximum atomic E-state index is 8.41. The summed E-state index contributed by atoms with van der Waals surface area (Å²) in [5, 5.41) is 11.5. The van der Waals surface area contributed by atoms with E-state index in [0.717, 1.165) is 5.56 Å². The van der Waals surface area contributed by atoms with E-state index in [1.165, 1.54) is 0 Å². The zero-order valence-electron chi connectivity index (χ0n) is 6.28. The number of anilines is 1. The van der Waals surface area contributed by atoms with Gasteiger partial charge in [0.2, 0.25) is 0 Å². The molecule has 1 rings (SSSR count). The van der Waals surface area contributed by atoms with Gasteiger partial charge in [0.05, 0.1) is 5.71 Å². The van der Waals surface area contributed by atoms with Gasteiger partial charge in [-0.05, 0) is 24.6 Å². The number of oxime groups is 1. The predicted octanol–water partition coefficient (Wildman–Crippen LogP) is 1.47. The predicted molar refractivity (Wildman–Crippen MR) is 44.9 cm³/mol. The lowest BCUT2D eigenvalue weighted by atomic mass is 10.1. The summed E-state index contributed by atoms with van der Waals surface area (Å²) in [4.78, 5) is 0. The maximum absolute atomic E-state index is 8.41. The summed E-state index contributed by atoms with van der Waals surface area (Å²) in [6.45, 7) is 1.73. The molecule has 0 bridgehead atoms. The van der Waals surface area contributed by atoms with Gasteiger partial charge < -0.3 is 10.9 Å². The van der Waals surface area contributed by atoms with Crippen LogP contribution in [0.4, 0.5) is 5.69 Å². The monoisotopic (exact) mass is 150 g/mol. The van der Waals surface area contributed by atoms with Crippen molar-refractivity contribution >= 4 is 11.4 Å². The van der Waals surface area contributed by atoms with Crippen LogP contribution in [0.25, 0.3) is 0 Å². The summed E-state index contributed by atoms with van der Waals surface area (Å²) in [7, 11) is 0. The summed E-state index contributed by atoms with van der Waals surface area (Å²) in [5.74, 6) is 0. The van der Waals surface area contributed by atoms with Gasteiger partial charge in [0.1, 0.15) is 0 Å². The van der Waals surface area contributed by atoms with E-state index in [-0.39, 0.29) is 0 Å². The van der Waals surface area contributed by atoms with Crippen LogP contribution >= 0.6 is 0 Å². The van der Waals surface area contributed by atoms with Crippen LogP contribution in [0.1, 0.15) is 12.5 Å². The van der Waals surface area contributed by atoms with E-state index in [1.54, 1.807) is 19.1 Å². The number of nitrogens with two attached hydrogens (primary N) is 1. The molecule has 1 aromatic rings. The van der Waals surface area contributed by atoms with Gasteiger partial charge in [-0.1, -0.05) is 17.3 Å². The largest absolute Gasteiger partial charge is 0.411 e. The summed E-state index contributed by atoms with van der Waals surface area (Å²) in [6, 6.07) is 7.16. The molecular formula is C8H10N2O. The minimum absolute atomic E-state index is 0.588. The molecule has 0 radical (unpaired) electrons. The Balaban J connectivity index is 2.99. The average Bonchev–Trinajstić information content (AvgIpc) is 2.05. The van der Waals surface area contributed by atoms with E-state index >= 15 is 0 Å². The van der Waals surface area contributed by atoms with Crippen molar-refractivity contribution in [3.05, 3.63) is 29.8 Å². The molecule has 0 aliphatic carbocycles. The van der Waals surface area contributed by atoms with Crippen LogP contribution < -0.4 is 5.73 Å². The normalized spacial score (nSPS) is 11.5. The molecular weight excluding hydrogens is 140 g/mol. The van der Waals surface area contributed by atoms with E-state index in [9.17, 15) is 0 Å². The number of hydrogen-bond acceptors (Lipinski definition) is 3. The molecule has 11 heavy (non-hydrogen) atoms. The third-order valence-electron chi connectivity index (χ3n) is 1.48. The first-order valence-corrected chi connectivity index (χ1v) is 3.28. The third-order valence-corrected chi connectivity index (χ3v) is 1.48. The van der Waals surface area contributed by atoms with Crippen LogP contribution in [0.3, 0.4) is 0 Å². The molecule has 0 heterocycles. The van der Waals surface area contributed by atoms with Gasteiger partial charge in [-0.3, -0.25) is 0 Å². The number of hydrogen-bond donors (Lipinski definition) is 2. The lowest BCUT2D eigenvalue weighted by molar-refractivity contribution is 0.319. The van der Waals surface area contributed by atoms with Gasteiger partial charge in [0, 0.05) is 5.69 Å². The van der Waals surface area contributed by atoms with Crippen molar-refractivity contribution in [3.8, 4) is 0 Å². The highest BCUT2D eigenvalue weighted by Gasteiger charge is 1.95. The fourth-order valence-corrected chi connectivity index (χ4v) is 0.782.